The van der Waals surface area contributed by atoms with Crippen molar-refractivity contribution in [1.29, 1.82) is 0 Å². The van der Waals surface area contributed by atoms with Crippen LogP contribution in [0.5, 0.6) is 5.75 Å². The van der Waals surface area contributed by atoms with E-state index in [0.29, 0.717) is 19.0 Å². The number of alkyl halides is 3. The van der Waals surface area contributed by atoms with Gasteiger partial charge in [-0.25, -0.2) is 4.99 Å². The number of guanidine groups is 1. The van der Waals surface area contributed by atoms with Gasteiger partial charge in [0.1, 0.15) is 5.75 Å². The number of halogens is 4. The zero-order valence-electron chi connectivity index (χ0n) is 14.7. The molecule has 0 atom stereocenters. The van der Waals surface area contributed by atoms with E-state index in [1.165, 1.54) is 0 Å². The van der Waals surface area contributed by atoms with E-state index in [-0.39, 0.29) is 30.5 Å². The van der Waals surface area contributed by atoms with Gasteiger partial charge in [0, 0.05) is 13.1 Å². The first-order valence-electron chi connectivity index (χ1n) is 8.07. The second-order valence-corrected chi connectivity index (χ2v) is 5.53. The van der Waals surface area contributed by atoms with Crippen LogP contribution in [0, 0.1) is 0 Å². The Morgan fingerprint density at radius 1 is 1.08 bits per heavy atom. The highest BCUT2D eigenvalue weighted by molar-refractivity contribution is 14.0. The molecule has 144 valence electrons. The van der Waals surface area contributed by atoms with Crippen molar-refractivity contribution in [1.82, 2.24) is 10.6 Å². The van der Waals surface area contributed by atoms with Crippen LogP contribution in [0.15, 0.2) is 41.4 Å². The summed E-state index contributed by atoms with van der Waals surface area (Å²) in [7, 11) is 1.62. The lowest BCUT2D eigenvalue weighted by Crippen LogP contribution is -2.38. The van der Waals surface area contributed by atoms with Crippen LogP contribution in [0.2, 0.25) is 0 Å². The average Bonchev–Trinajstić information content (AvgIpc) is 2.58. The smallest absolute Gasteiger partial charge is 0.390 e. The van der Waals surface area contributed by atoms with Gasteiger partial charge < -0.3 is 15.4 Å². The summed E-state index contributed by atoms with van der Waals surface area (Å²) < 4.78 is 41.9. The molecule has 4 nitrogen and oxygen atoms in total. The second kappa shape index (κ2) is 10.4. The molecule has 0 saturated heterocycles. The summed E-state index contributed by atoms with van der Waals surface area (Å²) in [5.74, 6) is 1.17. The number of hydrogen-bond acceptors (Lipinski definition) is 2. The molecule has 0 aliphatic heterocycles. The van der Waals surface area contributed by atoms with Gasteiger partial charge in [-0.15, -0.1) is 24.0 Å². The molecule has 0 unspecified atom stereocenters. The lowest BCUT2D eigenvalue weighted by Gasteiger charge is -2.12. The summed E-state index contributed by atoms with van der Waals surface area (Å²) in [4.78, 5) is 4.35. The molecule has 0 saturated carbocycles. The van der Waals surface area contributed by atoms with E-state index in [9.17, 15) is 13.2 Å². The van der Waals surface area contributed by atoms with E-state index < -0.39 is 12.6 Å². The predicted octanol–water partition coefficient (Wildman–Crippen LogP) is 4.47. The largest absolute Gasteiger partial charge is 0.497 e. The Hall–Kier alpha value is -1.71. The molecule has 0 aliphatic carbocycles. The highest BCUT2D eigenvalue weighted by Crippen LogP contribution is 2.22. The van der Waals surface area contributed by atoms with Crippen molar-refractivity contribution in [3.05, 3.63) is 42.0 Å². The Balaban J connectivity index is 0.00000338. The van der Waals surface area contributed by atoms with Crippen LogP contribution in [0.1, 0.15) is 18.9 Å². The Morgan fingerprint density at radius 3 is 2.42 bits per heavy atom. The predicted molar refractivity (Wildman–Crippen MR) is 109 cm³/mol. The van der Waals surface area contributed by atoms with Crippen LogP contribution in [-0.2, 0) is 6.54 Å². The molecule has 2 aromatic carbocycles. The van der Waals surface area contributed by atoms with Crippen molar-refractivity contribution < 1.29 is 17.9 Å². The molecule has 0 amide bonds. The van der Waals surface area contributed by atoms with Gasteiger partial charge in [-0.2, -0.15) is 13.2 Å². The van der Waals surface area contributed by atoms with Crippen molar-refractivity contribution in [2.45, 2.75) is 26.1 Å². The summed E-state index contributed by atoms with van der Waals surface area (Å²) in [6.45, 7) is 2.62. The number of aliphatic imine (C=N–C) groups is 1. The first kappa shape index (κ1) is 22.3. The minimum atomic E-state index is -4.18. The van der Waals surface area contributed by atoms with E-state index >= 15 is 0 Å². The van der Waals surface area contributed by atoms with E-state index in [2.05, 4.69) is 15.6 Å². The molecule has 0 fully saturated rings. The van der Waals surface area contributed by atoms with E-state index in [0.717, 1.165) is 22.1 Å². The van der Waals surface area contributed by atoms with Crippen LogP contribution in [0.3, 0.4) is 0 Å². The maximum Gasteiger partial charge on any atom is 0.390 e. The fraction of sp³-hybridized carbons (Fsp3) is 0.389. The quantitative estimate of drug-likeness (QED) is 0.364. The maximum atomic E-state index is 12.2. The summed E-state index contributed by atoms with van der Waals surface area (Å²) in [6, 6.07) is 11.7. The van der Waals surface area contributed by atoms with E-state index in [1.54, 1.807) is 7.11 Å². The van der Waals surface area contributed by atoms with Gasteiger partial charge in [0.25, 0.3) is 0 Å². The van der Waals surface area contributed by atoms with Gasteiger partial charge in [-0.3, -0.25) is 0 Å². The highest BCUT2D eigenvalue weighted by Gasteiger charge is 2.26. The van der Waals surface area contributed by atoms with Crippen molar-refractivity contribution >= 4 is 40.7 Å². The normalized spacial score (nSPS) is 11.8. The Bertz CT molecular complexity index is 735. The number of nitrogens with zero attached hydrogens (tertiary/aromatic N) is 1. The standard InChI is InChI=1S/C18H22F3N3O.HI/c1-3-22-17(23-9-8-18(19,20)21)24-12-13-4-5-15-11-16(25-2)7-6-14(15)10-13;/h4-7,10-11H,3,8-9,12H2,1-2H3,(H2,22,23,24);1H. The molecule has 0 bridgehead atoms. The van der Waals surface area contributed by atoms with E-state index in [1.807, 2.05) is 43.3 Å². The highest BCUT2D eigenvalue weighted by atomic mass is 127. The number of ether oxygens (including phenoxy) is 1. The molecular weight excluding hydrogens is 458 g/mol. The van der Waals surface area contributed by atoms with E-state index in [4.69, 9.17) is 4.74 Å². The molecule has 0 heterocycles. The first-order valence-corrected chi connectivity index (χ1v) is 8.07. The molecule has 0 spiro atoms. The summed E-state index contributed by atoms with van der Waals surface area (Å²) in [5, 5.41) is 7.76. The lowest BCUT2D eigenvalue weighted by molar-refractivity contribution is -0.132. The van der Waals surface area contributed by atoms with Crippen LogP contribution >= 0.6 is 24.0 Å². The second-order valence-electron chi connectivity index (χ2n) is 5.53. The third-order valence-corrected chi connectivity index (χ3v) is 3.58. The fourth-order valence-corrected chi connectivity index (χ4v) is 2.33. The Morgan fingerprint density at radius 2 is 1.77 bits per heavy atom. The van der Waals surface area contributed by atoms with Crippen LogP contribution in [-0.4, -0.2) is 32.3 Å². The third kappa shape index (κ3) is 7.27. The fourth-order valence-electron chi connectivity index (χ4n) is 2.33. The molecule has 0 radical (unpaired) electrons. The Labute approximate surface area is 168 Å². The van der Waals surface area contributed by atoms with Gasteiger partial charge in [0.15, 0.2) is 5.96 Å². The van der Waals surface area contributed by atoms with Gasteiger partial charge in [0.2, 0.25) is 0 Å². The van der Waals surface area contributed by atoms with Crippen molar-refractivity contribution in [2.24, 2.45) is 4.99 Å². The third-order valence-electron chi connectivity index (χ3n) is 3.58. The average molecular weight is 481 g/mol. The summed E-state index contributed by atoms with van der Waals surface area (Å²) in [6.07, 6.45) is -5.07. The van der Waals surface area contributed by atoms with Gasteiger partial charge in [-0.1, -0.05) is 18.2 Å². The molecule has 2 aromatic rings. The first-order chi connectivity index (χ1) is 11.9. The number of hydrogen-bond donors (Lipinski definition) is 2. The minimum Gasteiger partial charge on any atom is -0.497 e. The molecule has 0 aliphatic rings. The Kier molecular flexibility index (Phi) is 8.97. The summed E-state index contributed by atoms with van der Waals surface area (Å²) >= 11 is 0. The topological polar surface area (TPSA) is 45.7 Å². The number of benzene rings is 2. The number of fused-ring (bicyclic) bond motifs is 1. The SMILES string of the molecule is CCNC(=NCc1ccc2cc(OC)ccc2c1)NCCC(F)(F)F.I. The molecule has 2 rings (SSSR count). The maximum absolute atomic E-state index is 12.2. The van der Waals surface area contributed by atoms with Crippen molar-refractivity contribution in [2.75, 3.05) is 20.2 Å². The van der Waals surface area contributed by atoms with Crippen molar-refractivity contribution in [3.63, 3.8) is 0 Å². The van der Waals surface area contributed by atoms with Crippen LogP contribution < -0.4 is 15.4 Å². The molecule has 2 N–H and O–H groups in total. The molecule has 8 heteroatoms. The zero-order chi connectivity index (χ0) is 18.3. The number of methoxy groups -OCH3 is 1. The monoisotopic (exact) mass is 481 g/mol. The zero-order valence-corrected chi connectivity index (χ0v) is 17.0. The van der Waals surface area contributed by atoms with Crippen molar-refractivity contribution in [3.8, 4) is 5.75 Å². The molecule has 0 aromatic heterocycles. The lowest BCUT2D eigenvalue weighted by atomic mass is 10.1. The van der Waals surface area contributed by atoms with Gasteiger partial charge in [0.05, 0.1) is 20.1 Å². The number of nitrogens with one attached hydrogen (secondary N) is 2. The van der Waals surface area contributed by atoms with Gasteiger partial charge in [-0.05, 0) is 41.5 Å². The molecular formula is C18H23F3IN3O. The van der Waals surface area contributed by atoms with Crippen LogP contribution in [0.4, 0.5) is 13.2 Å². The summed E-state index contributed by atoms with van der Waals surface area (Å²) in [5.41, 5.74) is 0.977. The van der Waals surface area contributed by atoms with Crippen LogP contribution in [0.25, 0.3) is 10.8 Å². The number of rotatable bonds is 6. The van der Waals surface area contributed by atoms with Gasteiger partial charge >= 0.3 is 6.18 Å². The molecule has 26 heavy (non-hydrogen) atoms. The minimum absolute atomic E-state index is 0.